The maximum absolute atomic E-state index is 12.2. The van der Waals surface area contributed by atoms with Crippen LogP contribution in [0.3, 0.4) is 0 Å². The first kappa shape index (κ1) is 17.2. The molecule has 1 unspecified atom stereocenters. The van der Waals surface area contributed by atoms with E-state index in [1.165, 1.54) is 5.56 Å². The Balaban J connectivity index is 1.99. The number of hydrogen-bond acceptors (Lipinski definition) is 3. The van der Waals surface area contributed by atoms with Crippen molar-refractivity contribution in [1.29, 1.82) is 0 Å². The third-order valence-electron chi connectivity index (χ3n) is 4.02. The van der Waals surface area contributed by atoms with Crippen LogP contribution in [-0.2, 0) is 11.4 Å². The van der Waals surface area contributed by atoms with Gasteiger partial charge in [-0.1, -0.05) is 45.0 Å². The molecule has 2 aromatic rings. The number of nitrogens with zero attached hydrogens (tertiary/aromatic N) is 1. The summed E-state index contributed by atoms with van der Waals surface area (Å²) < 4.78 is 0. The molecule has 2 N–H and O–H groups in total. The highest BCUT2D eigenvalue weighted by Gasteiger charge is 2.13. The zero-order chi connectivity index (χ0) is 16.8. The minimum absolute atomic E-state index is 0.0758. The first-order valence-electron chi connectivity index (χ1n) is 7.94. The molecule has 0 spiro atoms. The number of carbonyl (C=O) groups is 1. The smallest absolute Gasteiger partial charge is 0.225 e. The maximum atomic E-state index is 12.2. The fourth-order valence-electron chi connectivity index (χ4n) is 2.48. The van der Waals surface area contributed by atoms with Gasteiger partial charge in [0.25, 0.3) is 0 Å². The van der Waals surface area contributed by atoms with E-state index in [0.717, 1.165) is 5.56 Å². The number of aliphatic hydroxyl groups is 1. The molecule has 1 heterocycles. The van der Waals surface area contributed by atoms with Gasteiger partial charge in [-0.3, -0.25) is 9.78 Å². The molecular formula is C19H24N2O2. The molecule has 0 aliphatic heterocycles. The van der Waals surface area contributed by atoms with E-state index in [-0.39, 0.29) is 18.4 Å². The number of carbonyl (C=O) groups excluding carboxylic acids is 1. The third-order valence-corrected chi connectivity index (χ3v) is 4.02. The summed E-state index contributed by atoms with van der Waals surface area (Å²) in [7, 11) is 0. The van der Waals surface area contributed by atoms with Gasteiger partial charge in [-0.2, -0.15) is 0 Å². The van der Waals surface area contributed by atoms with E-state index in [1.807, 2.05) is 6.92 Å². The quantitative estimate of drug-likeness (QED) is 0.852. The van der Waals surface area contributed by atoms with Gasteiger partial charge in [-0.15, -0.1) is 0 Å². The second kappa shape index (κ2) is 7.88. The van der Waals surface area contributed by atoms with Crippen LogP contribution in [-0.4, -0.2) is 16.0 Å². The maximum Gasteiger partial charge on any atom is 0.225 e. The second-order valence-corrected chi connectivity index (χ2v) is 6.17. The summed E-state index contributed by atoms with van der Waals surface area (Å²) in [5, 5.41) is 12.1. The summed E-state index contributed by atoms with van der Waals surface area (Å²) in [6.07, 6.45) is 3.55. The molecule has 1 amide bonds. The monoisotopic (exact) mass is 312 g/mol. The van der Waals surface area contributed by atoms with Gasteiger partial charge in [0.15, 0.2) is 0 Å². The van der Waals surface area contributed by atoms with E-state index in [0.29, 0.717) is 23.6 Å². The van der Waals surface area contributed by atoms with E-state index < -0.39 is 0 Å². The van der Waals surface area contributed by atoms with E-state index >= 15 is 0 Å². The molecule has 0 saturated carbocycles. The lowest BCUT2D eigenvalue weighted by molar-refractivity contribution is -0.116. The Kier molecular flexibility index (Phi) is 5.88. The van der Waals surface area contributed by atoms with Crippen molar-refractivity contribution in [1.82, 2.24) is 4.98 Å². The number of aromatic nitrogens is 1. The number of amides is 1. The van der Waals surface area contributed by atoms with Gasteiger partial charge in [-0.25, -0.2) is 0 Å². The zero-order valence-electron chi connectivity index (χ0n) is 13.9. The number of aliphatic hydroxyl groups excluding tert-OH is 1. The van der Waals surface area contributed by atoms with Crippen LogP contribution in [0.2, 0.25) is 0 Å². The van der Waals surface area contributed by atoms with Crippen LogP contribution in [0.1, 0.15) is 55.7 Å². The molecule has 0 saturated heterocycles. The molecule has 0 fully saturated rings. The lowest BCUT2D eigenvalue weighted by Gasteiger charge is -2.14. The first-order chi connectivity index (χ1) is 11.0. The van der Waals surface area contributed by atoms with E-state index in [9.17, 15) is 9.90 Å². The van der Waals surface area contributed by atoms with Gasteiger partial charge >= 0.3 is 0 Å². The Bertz CT molecular complexity index is 651. The molecule has 1 atom stereocenters. The summed E-state index contributed by atoms with van der Waals surface area (Å²) >= 11 is 0. The molecule has 0 aliphatic carbocycles. The fraction of sp³-hybridized carbons (Fsp3) is 0.368. The number of pyridine rings is 1. The summed E-state index contributed by atoms with van der Waals surface area (Å²) in [4.78, 5) is 16.2. The van der Waals surface area contributed by atoms with Crippen LogP contribution >= 0.6 is 0 Å². The number of hydrogen-bond donors (Lipinski definition) is 2. The molecule has 122 valence electrons. The highest BCUT2D eigenvalue weighted by molar-refractivity contribution is 5.91. The average Bonchev–Trinajstić information content (AvgIpc) is 2.55. The van der Waals surface area contributed by atoms with Crippen LogP contribution in [0.15, 0.2) is 42.7 Å². The minimum Gasteiger partial charge on any atom is -0.392 e. The summed E-state index contributed by atoms with van der Waals surface area (Å²) in [5.74, 6) is 0.559. The Hall–Kier alpha value is -2.20. The van der Waals surface area contributed by atoms with Gasteiger partial charge in [0.1, 0.15) is 0 Å². The van der Waals surface area contributed by atoms with Gasteiger partial charge in [0, 0.05) is 18.2 Å². The van der Waals surface area contributed by atoms with E-state index in [4.69, 9.17) is 0 Å². The van der Waals surface area contributed by atoms with Crippen molar-refractivity contribution >= 4 is 11.6 Å². The fourth-order valence-corrected chi connectivity index (χ4v) is 2.48. The molecule has 4 heteroatoms. The zero-order valence-corrected chi connectivity index (χ0v) is 13.9. The SMILES string of the molecule is CC(C)c1ccc(C(C)CC(=O)Nc2cnccc2CO)cc1. The lowest BCUT2D eigenvalue weighted by atomic mass is 9.94. The van der Waals surface area contributed by atoms with Gasteiger partial charge in [0.05, 0.1) is 18.5 Å². The predicted molar refractivity (Wildman–Crippen MR) is 92.4 cm³/mol. The van der Waals surface area contributed by atoms with Crippen molar-refractivity contribution in [2.75, 3.05) is 5.32 Å². The number of anilines is 1. The second-order valence-electron chi connectivity index (χ2n) is 6.17. The van der Waals surface area contributed by atoms with Crippen molar-refractivity contribution in [3.63, 3.8) is 0 Å². The molecule has 0 radical (unpaired) electrons. The van der Waals surface area contributed by atoms with Gasteiger partial charge < -0.3 is 10.4 Å². The molecule has 1 aromatic carbocycles. The molecule has 2 rings (SSSR count). The van der Waals surface area contributed by atoms with Gasteiger partial charge in [-0.05, 0) is 29.0 Å². The molecule has 0 bridgehead atoms. The standard InChI is InChI=1S/C19H24N2O2/c1-13(2)15-4-6-16(7-5-15)14(3)10-19(23)21-18-11-20-9-8-17(18)12-22/h4-9,11,13-14,22H,10,12H2,1-3H3,(H,21,23). The molecular weight excluding hydrogens is 288 g/mol. The van der Waals surface area contributed by atoms with E-state index in [1.54, 1.807) is 18.5 Å². The topological polar surface area (TPSA) is 62.2 Å². The van der Waals surface area contributed by atoms with E-state index in [2.05, 4.69) is 48.4 Å². The Morgan fingerprint density at radius 1 is 1.13 bits per heavy atom. The Labute approximate surface area is 137 Å². The highest BCUT2D eigenvalue weighted by atomic mass is 16.3. The van der Waals surface area contributed by atoms with Crippen LogP contribution in [0.5, 0.6) is 0 Å². The molecule has 0 aliphatic rings. The third kappa shape index (κ3) is 4.63. The Morgan fingerprint density at radius 3 is 2.39 bits per heavy atom. The number of nitrogens with one attached hydrogen (secondary N) is 1. The summed E-state index contributed by atoms with van der Waals surface area (Å²) in [5.41, 5.74) is 3.69. The van der Waals surface area contributed by atoms with Gasteiger partial charge in [0.2, 0.25) is 5.91 Å². The van der Waals surface area contributed by atoms with Crippen LogP contribution in [0.25, 0.3) is 0 Å². The summed E-state index contributed by atoms with van der Waals surface area (Å²) in [6.45, 7) is 6.25. The molecule has 23 heavy (non-hydrogen) atoms. The van der Waals surface area contributed by atoms with Crippen LogP contribution < -0.4 is 5.32 Å². The van der Waals surface area contributed by atoms with Crippen LogP contribution in [0.4, 0.5) is 5.69 Å². The van der Waals surface area contributed by atoms with Crippen molar-refractivity contribution in [2.24, 2.45) is 0 Å². The van der Waals surface area contributed by atoms with Crippen molar-refractivity contribution in [3.8, 4) is 0 Å². The van der Waals surface area contributed by atoms with Crippen molar-refractivity contribution in [2.45, 2.75) is 45.6 Å². The molecule has 1 aromatic heterocycles. The first-order valence-corrected chi connectivity index (χ1v) is 7.94. The average molecular weight is 312 g/mol. The lowest BCUT2D eigenvalue weighted by Crippen LogP contribution is -2.15. The van der Waals surface area contributed by atoms with Crippen molar-refractivity contribution in [3.05, 3.63) is 59.4 Å². The highest BCUT2D eigenvalue weighted by Crippen LogP contribution is 2.23. The van der Waals surface area contributed by atoms with Crippen LogP contribution in [0, 0.1) is 0 Å². The number of benzene rings is 1. The number of rotatable bonds is 6. The summed E-state index contributed by atoms with van der Waals surface area (Å²) in [6, 6.07) is 10.1. The minimum atomic E-state index is -0.121. The van der Waals surface area contributed by atoms with Crippen molar-refractivity contribution < 1.29 is 9.90 Å². The largest absolute Gasteiger partial charge is 0.392 e. The predicted octanol–water partition coefficient (Wildman–Crippen LogP) is 3.83. The molecule has 4 nitrogen and oxygen atoms in total. The normalized spacial score (nSPS) is 12.2. The Morgan fingerprint density at radius 2 is 1.78 bits per heavy atom.